The van der Waals surface area contributed by atoms with Crippen LogP contribution in [0, 0.1) is 6.92 Å². The highest BCUT2D eigenvalue weighted by Gasteiger charge is 2.11. The molecule has 0 aliphatic rings. The van der Waals surface area contributed by atoms with E-state index in [0.29, 0.717) is 11.8 Å². The molecule has 114 valence electrons. The lowest BCUT2D eigenvalue weighted by molar-refractivity contribution is 0.218. The van der Waals surface area contributed by atoms with Crippen molar-refractivity contribution in [3.63, 3.8) is 0 Å². The lowest BCUT2D eigenvalue weighted by Gasteiger charge is -2.10. The summed E-state index contributed by atoms with van der Waals surface area (Å²) in [5.41, 5.74) is 0.891. The molecule has 2 heterocycles. The second-order valence-electron chi connectivity index (χ2n) is 4.81. The van der Waals surface area contributed by atoms with Gasteiger partial charge in [-0.25, -0.2) is 0 Å². The van der Waals surface area contributed by atoms with Gasteiger partial charge in [-0.2, -0.15) is 9.97 Å². The monoisotopic (exact) mass is 292 g/mol. The van der Waals surface area contributed by atoms with Gasteiger partial charge in [-0.15, -0.1) is 10.1 Å². The predicted molar refractivity (Wildman–Crippen MR) is 77.8 cm³/mol. The smallest absolute Gasteiger partial charge is 0.331 e. The first-order chi connectivity index (χ1) is 10.1. The first kappa shape index (κ1) is 15.0. The number of nitrogens with one attached hydrogen (secondary N) is 2. The quantitative estimate of drug-likeness (QED) is 0.808. The predicted octanol–water partition coefficient (Wildman–Crippen LogP) is 2.30. The topological polar surface area (TPSA) is 97.8 Å². The molecule has 8 nitrogen and oxygen atoms in total. The molecular weight excluding hydrogens is 272 g/mol. The zero-order chi connectivity index (χ0) is 15.2. The summed E-state index contributed by atoms with van der Waals surface area (Å²) in [6, 6.07) is 2.12. The highest BCUT2D eigenvalue weighted by Crippen LogP contribution is 2.19. The van der Waals surface area contributed by atoms with E-state index in [4.69, 9.17) is 9.47 Å². The van der Waals surface area contributed by atoms with E-state index in [1.807, 2.05) is 20.8 Å². The van der Waals surface area contributed by atoms with E-state index in [1.165, 1.54) is 0 Å². The average molecular weight is 292 g/mol. The first-order valence-corrected chi connectivity index (χ1v) is 6.93. The van der Waals surface area contributed by atoms with Crippen LogP contribution in [-0.2, 0) is 0 Å². The number of rotatable bonds is 7. The molecule has 2 N–H and O–H groups in total. The Balaban J connectivity index is 2.21. The van der Waals surface area contributed by atoms with Crippen LogP contribution in [0.4, 0.5) is 5.95 Å². The lowest BCUT2D eigenvalue weighted by Crippen LogP contribution is -2.12. The van der Waals surface area contributed by atoms with Gasteiger partial charge < -0.3 is 14.8 Å². The van der Waals surface area contributed by atoms with Crippen molar-refractivity contribution in [1.82, 2.24) is 25.1 Å². The third-order valence-electron chi connectivity index (χ3n) is 2.35. The summed E-state index contributed by atoms with van der Waals surface area (Å²) >= 11 is 0. The molecule has 0 radical (unpaired) electrons. The molecule has 0 fully saturated rings. The molecule has 0 spiro atoms. The van der Waals surface area contributed by atoms with Crippen LogP contribution in [0.15, 0.2) is 6.07 Å². The number of nitrogens with zero attached hydrogens (tertiary/aromatic N) is 4. The van der Waals surface area contributed by atoms with Crippen LogP contribution >= 0.6 is 0 Å². The summed E-state index contributed by atoms with van der Waals surface area (Å²) < 4.78 is 11.0. The number of hydrogen-bond acceptors (Lipinski definition) is 7. The summed E-state index contributed by atoms with van der Waals surface area (Å²) in [5, 5.41) is 9.87. The molecule has 2 rings (SSSR count). The SMILES string of the molecule is CCCNc1nc(Oc2cc(C)[nH]n2)nc(OC(C)C)n1. The summed E-state index contributed by atoms with van der Waals surface area (Å²) in [5.74, 6) is 0.820. The van der Waals surface area contributed by atoms with E-state index in [2.05, 4.69) is 37.4 Å². The molecule has 0 unspecified atom stereocenters. The summed E-state index contributed by atoms with van der Waals surface area (Å²) in [4.78, 5) is 12.5. The maximum absolute atomic E-state index is 5.52. The fraction of sp³-hybridized carbons (Fsp3) is 0.538. The molecule has 0 saturated carbocycles. The molecule has 0 atom stereocenters. The number of H-pyrrole nitrogens is 1. The van der Waals surface area contributed by atoms with E-state index in [9.17, 15) is 0 Å². The molecule has 0 aromatic carbocycles. The molecule has 2 aromatic heterocycles. The van der Waals surface area contributed by atoms with Gasteiger partial charge in [-0.05, 0) is 27.2 Å². The van der Waals surface area contributed by atoms with Gasteiger partial charge in [-0.1, -0.05) is 6.92 Å². The Labute approximate surface area is 123 Å². The van der Waals surface area contributed by atoms with Crippen molar-refractivity contribution in [3.8, 4) is 17.9 Å². The Kier molecular flexibility index (Phi) is 4.91. The van der Waals surface area contributed by atoms with Gasteiger partial charge in [0.1, 0.15) is 0 Å². The number of ether oxygens (including phenoxy) is 2. The minimum atomic E-state index is -0.0353. The molecular formula is C13H20N6O2. The first-order valence-electron chi connectivity index (χ1n) is 6.93. The van der Waals surface area contributed by atoms with E-state index in [1.54, 1.807) is 6.07 Å². The van der Waals surface area contributed by atoms with Crippen molar-refractivity contribution in [3.05, 3.63) is 11.8 Å². The fourth-order valence-corrected chi connectivity index (χ4v) is 1.50. The molecule has 21 heavy (non-hydrogen) atoms. The van der Waals surface area contributed by atoms with Gasteiger partial charge in [0.25, 0.3) is 0 Å². The molecule has 0 aliphatic heterocycles. The maximum atomic E-state index is 5.52. The van der Waals surface area contributed by atoms with Crippen molar-refractivity contribution in [2.45, 2.75) is 40.2 Å². The second-order valence-corrected chi connectivity index (χ2v) is 4.81. The van der Waals surface area contributed by atoms with E-state index < -0.39 is 0 Å². The van der Waals surface area contributed by atoms with Gasteiger partial charge in [0.2, 0.25) is 11.8 Å². The second kappa shape index (κ2) is 6.87. The Morgan fingerprint density at radius 1 is 1.24 bits per heavy atom. The highest BCUT2D eigenvalue weighted by molar-refractivity contribution is 5.28. The standard InChI is InChI=1S/C13H20N6O2/c1-5-6-14-11-15-12(20-8(2)3)17-13(16-11)21-10-7-9(4)18-19-10/h7-8H,5-6H2,1-4H3,(H,18,19)(H,14,15,16,17). The Bertz CT molecular complexity index is 584. The third-order valence-corrected chi connectivity index (χ3v) is 2.35. The van der Waals surface area contributed by atoms with Crippen LogP contribution in [0.2, 0.25) is 0 Å². The molecule has 0 bridgehead atoms. The van der Waals surface area contributed by atoms with Crippen molar-refractivity contribution in [2.75, 3.05) is 11.9 Å². The number of aromatic nitrogens is 5. The third kappa shape index (κ3) is 4.59. The summed E-state index contributed by atoms with van der Waals surface area (Å²) in [6.07, 6.45) is 0.924. The summed E-state index contributed by atoms with van der Waals surface area (Å²) in [7, 11) is 0. The number of aromatic amines is 1. The van der Waals surface area contributed by atoms with Crippen molar-refractivity contribution < 1.29 is 9.47 Å². The zero-order valence-corrected chi connectivity index (χ0v) is 12.7. The number of hydrogen-bond donors (Lipinski definition) is 2. The lowest BCUT2D eigenvalue weighted by atomic mass is 10.5. The Hall–Kier alpha value is -2.38. The molecule has 8 heteroatoms. The Morgan fingerprint density at radius 2 is 2.00 bits per heavy atom. The highest BCUT2D eigenvalue weighted by atomic mass is 16.5. The van der Waals surface area contributed by atoms with Crippen LogP contribution in [-0.4, -0.2) is 37.8 Å². The van der Waals surface area contributed by atoms with Crippen molar-refractivity contribution >= 4 is 5.95 Å². The molecule has 0 saturated heterocycles. The van der Waals surface area contributed by atoms with Crippen molar-refractivity contribution in [1.29, 1.82) is 0 Å². The minimum Gasteiger partial charge on any atom is -0.461 e. The normalized spacial score (nSPS) is 10.7. The average Bonchev–Trinajstić information content (AvgIpc) is 2.80. The van der Waals surface area contributed by atoms with E-state index >= 15 is 0 Å². The largest absolute Gasteiger partial charge is 0.461 e. The van der Waals surface area contributed by atoms with Crippen LogP contribution in [0.3, 0.4) is 0 Å². The van der Waals surface area contributed by atoms with Crippen LogP contribution in [0.5, 0.6) is 17.9 Å². The van der Waals surface area contributed by atoms with E-state index in [-0.39, 0.29) is 18.1 Å². The number of anilines is 1. The maximum Gasteiger partial charge on any atom is 0.331 e. The summed E-state index contributed by atoms with van der Waals surface area (Å²) in [6.45, 7) is 8.51. The fourth-order valence-electron chi connectivity index (χ4n) is 1.50. The molecule has 0 amide bonds. The van der Waals surface area contributed by atoms with Crippen LogP contribution < -0.4 is 14.8 Å². The van der Waals surface area contributed by atoms with Gasteiger partial charge in [0.15, 0.2) is 0 Å². The van der Waals surface area contributed by atoms with Gasteiger partial charge in [-0.3, -0.25) is 5.10 Å². The zero-order valence-electron chi connectivity index (χ0n) is 12.7. The van der Waals surface area contributed by atoms with Crippen molar-refractivity contribution in [2.24, 2.45) is 0 Å². The van der Waals surface area contributed by atoms with E-state index in [0.717, 1.165) is 18.7 Å². The van der Waals surface area contributed by atoms with Gasteiger partial charge >= 0.3 is 12.0 Å². The minimum absolute atomic E-state index is 0.0353. The number of aryl methyl sites for hydroxylation is 1. The van der Waals surface area contributed by atoms with Crippen LogP contribution in [0.25, 0.3) is 0 Å². The van der Waals surface area contributed by atoms with Crippen LogP contribution in [0.1, 0.15) is 32.9 Å². The Morgan fingerprint density at radius 3 is 2.62 bits per heavy atom. The van der Waals surface area contributed by atoms with Gasteiger partial charge in [0.05, 0.1) is 6.10 Å². The molecule has 2 aromatic rings. The van der Waals surface area contributed by atoms with Gasteiger partial charge in [0, 0.05) is 18.3 Å². The molecule has 0 aliphatic carbocycles.